The summed E-state index contributed by atoms with van der Waals surface area (Å²) in [4.78, 5) is 14.7. The maximum Gasteiger partial charge on any atom is 0.237 e. The molecule has 2 unspecified atom stereocenters. The van der Waals surface area contributed by atoms with E-state index in [-0.39, 0.29) is 38.1 Å². The molecule has 2 N–H and O–H groups in total. The summed E-state index contributed by atoms with van der Waals surface area (Å²) in [7, 11) is 0. The fraction of sp³-hybridized carbons (Fsp3) is 0.350. The number of carbonyl (C=O) groups is 1. The summed E-state index contributed by atoms with van der Waals surface area (Å²) in [5.74, 6) is 2.98. The number of nitrogens with two attached hydrogens (primary N) is 1. The first-order chi connectivity index (χ1) is 13.2. The molecule has 0 spiro atoms. The molecule has 0 radical (unpaired) electrons. The van der Waals surface area contributed by atoms with E-state index in [0.717, 1.165) is 34.1 Å². The highest BCUT2D eigenvalue weighted by Crippen LogP contribution is 2.52. The van der Waals surface area contributed by atoms with E-state index < -0.39 is 0 Å². The van der Waals surface area contributed by atoms with Crippen LogP contribution in [-0.4, -0.2) is 30.9 Å². The number of amides is 1. The summed E-state index contributed by atoms with van der Waals surface area (Å²) in [5, 5.41) is 0. The van der Waals surface area contributed by atoms with E-state index in [1.807, 2.05) is 17.0 Å². The van der Waals surface area contributed by atoms with Crippen LogP contribution in [0, 0.1) is 0 Å². The number of carbonyl (C=O) groups excluding carboxylic acids is 1. The molecule has 1 amide bonds. The zero-order chi connectivity index (χ0) is 18.1. The highest BCUT2D eigenvalue weighted by atomic mass is 16.7. The van der Waals surface area contributed by atoms with Crippen molar-refractivity contribution in [2.75, 3.05) is 20.1 Å². The largest absolute Gasteiger partial charge is 0.454 e. The van der Waals surface area contributed by atoms with Crippen LogP contribution < -0.4 is 24.7 Å². The standard InChI is InChI=1S/C20H18N2O5/c21-7-20(23)22-14-1-10-3-16-18(26-8-24-16)5-12(10)15(22)2-11-4-17-19(6-13(11)14)27-9-25-17/h3-6,14-15H,1-2,7-9,21H2. The van der Waals surface area contributed by atoms with Crippen LogP contribution in [0.3, 0.4) is 0 Å². The lowest BCUT2D eigenvalue weighted by Gasteiger charge is -2.47. The van der Waals surface area contributed by atoms with E-state index in [4.69, 9.17) is 24.7 Å². The lowest BCUT2D eigenvalue weighted by molar-refractivity contribution is -0.136. The predicted molar refractivity (Wildman–Crippen MR) is 93.9 cm³/mol. The number of hydrogen-bond donors (Lipinski definition) is 1. The van der Waals surface area contributed by atoms with Gasteiger partial charge in [0.25, 0.3) is 0 Å². The fourth-order valence-electron chi connectivity index (χ4n) is 4.78. The zero-order valence-corrected chi connectivity index (χ0v) is 14.6. The van der Waals surface area contributed by atoms with Crippen molar-refractivity contribution in [2.24, 2.45) is 5.73 Å². The van der Waals surface area contributed by atoms with Gasteiger partial charge < -0.3 is 29.6 Å². The summed E-state index contributed by atoms with van der Waals surface area (Å²) in [6.45, 7) is 0.464. The van der Waals surface area contributed by atoms with Crippen molar-refractivity contribution in [3.63, 3.8) is 0 Å². The predicted octanol–water partition coefficient (Wildman–Crippen LogP) is 1.83. The molecule has 4 aliphatic rings. The number of fused-ring (bicyclic) bond motifs is 8. The molecule has 0 saturated heterocycles. The van der Waals surface area contributed by atoms with E-state index in [2.05, 4.69) is 12.1 Å². The molecule has 4 heterocycles. The maximum absolute atomic E-state index is 12.8. The number of hydrogen-bond acceptors (Lipinski definition) is 6. The Hall–Kier alpha value is -2.93. The summed E-state index contributed by atoms with van der Waals surface area (Å²) in [5.41, 5.74) is 10.4. The van der Waals surface area contributed by atoms with Crippen LogP contribution in [0.15, 0.2) is 24.3 Å². The number of nitrogens with zero attached hydrogens (tertiary/aromatic N) is 1. The Balaban J connectivity index is 1.53. The Bertz CT molecular complexity index is 917. The molecule has 0 fully saturated rings. The molecule has 6 rings (SSSR count). The van der Waals surface area contributed by atoms with Crippen molar-refractivity contribution in [3.05, 3.63) is 46.5 Å². The van der Waals surface area contributed by atoms with Gasteiger partial charge in [-0.05, 0) is 59.4 Å². The number of benzene rings is 2. The topological polar surface area (TPSA) is 83.3 Å². The molecule has 138 valence electrons. The minimum absolute atomic E-state index is 0.00717. The van der Waals surface area contributed by atoms with Crippen molar-refractivity contribution in [1.29, 1.82) is 0 Å². The molecular weight excluding hydrogens is 348 g/mol. The Labute approximate surface area is 155 Å². The lowest BCUT2D eigenvalue weighted by atomic mass is 9.76. The van der Waals surface area contributed by atoms with Gasteiger partial charge in [-0.1, -0.05) is 0 Å². The molecule has 0 aliphatic carbocycles. The van der Waals surface area contributed by atoms with Crippen LogP contribution in [-0.2, 0) is 17.6 Å². The molecule has 7 heteroatoms. The average molecular weight is 366 g/mol. The quantitative estimate of drug-likeness (QED) is 0.829. The third-order valence-corrected chi connectivity index (χ3v) is 5.95. The van der Waals surface area contributed by atoms with Crippen LogP contribution >= 0.6 is 0 Å². The van der Waals surface area contributed by atoms with Gasteiger partial charge in [0.2, 0.25) is 19.5 Å². The SMILES string of the molecule is NCC(=O)N1C2Cc3cc4c(cc3C1Cc1cc3c(cc12)OCO3)OCO4. The molecule has 2 atom stereocenters. The second kappa shape index (κ2) is 5.29. The van der Waals surface area contributed by atoms with E-state index in [9.17, 15) is 4.79 Å². The minimum atomic E-state index is -0.0721. The first kappa shape index (κ1) is 15.2. The third-order valence-electron chi connectivity index (χ3n) is 5.95. The molecule has 0 saturated carbocycles. The van der Waals surface area contributed by atoms with E-state index >= 15 is 0 Å². The molecule has 2 aromatic rings. The van der Waals surface area contributed by atoms with Crippen molar-refractivity contribution < 1.29 is 23.7 Å². The monoisotopic (exact) mass is 366 g/mol. The van der Waals surface area contributed by atoms with Gasteiger partial charge in [-0.3, -0.25) is 4.79 Å². The minimum Gasteiger partial charge on any atom is -0.454 e. The van der Waals surface area contributed by atoms with E-state index in [0.29, 0.717) is 12.8 Å². The first-order valence-electron chi connectivity index (χ1n) is 9.09. The van der Waals surface area contributed by atoms with Gasteiger partial charge in [0, 0.05) is 0 Å². The Morgan fingerprint density at radius 3 is 1.74 bits per heavy atom. The number of rotatable bonds is 1. The first-order valence-corrected chi connectivity index (χ1v) is 9.09. The van der Waals surface area contributed by atoms with Crippen LogP contribution in [0.25, 0.3) is 0 Å². The Morgan fingerprint density at radius 1 is 0.852 bits per heavy atom. The van der Waals surface area contributed by atoms with Crippen molar-refractivity contribution in [2.45, 2.75) is 24.9 Å². The normalized spacial score (nSPS) is 23.1. The van der Waals surface area contributed by atoms with E-state index in [1.165, 1.54) is 11.1 Å². The summed E-state index contributed by atoms with van der Waals surface area (Å²) < 4.78 is 22.2. The van der Waals surface area contributed by atoms with Gasteiger partial charge in [0.05, 0.1) is 18.6 Å². The van der Waals surface area contributed by atoms with Gasteiger partial charge in [-0.25, -0.2) is 0 Å². The molecule has 7 nitrogen and oxygen atoms in total. The van der Waals surface area contributed by atoms with Crippen LogP contribution in [0.5, 0.6) is 23.0 Å². The second-order valence-corrected chi connectivity index (χ2v) is 7.25. The summed E-state index contributed by atoms with van der Waals surface area (Å²) >= 11 is 0. The number of ether oxygens (including phenoxy) is 4. The fourth-order valence-corrected chi connectivity index (χ4v) is 4.78. The summed E-state index contributed by atoms with van der Waals surface area (Å²) in [6.07, 6.45) is 1.42. The molecule has 0 aromatic heterocycles. The van der Waals surface area contributed by atoms with Crippen molar-refractivity contribution >= 4 is 5.91 Å². The molecule has 27 heavy (non-hydrogen) atoms. The Kier molecular flexibility index (Phi) is 2.97. The second-order valence-electron chi connectivity index (χ2n) is 7.25. The zero-order valence-electron chi connectivity index (χ0n) is 14.6. The molecule has 2 bridgehead atoms. The molecule has 2 aromatic carbocycles. The van der Waals surface area contributed by atoms with Gasteiger partial charge in [0.15, 0.2) is 23.0 Å². The highest BCUT2D eigenvalue weighted by Gasteiger charge is 2.44. The van der Waals surface area contributed by atoms with Gasteiger partial charge in [0.1, 0.15) is 0 Å². The molecular formula is C20H18N2O5. The summed E-state index contributed by atoms with van der Waals surface area (Å²) in [6, 6.07) is 8.01. The van der Waals surface area contributed by atoms with E-state index in [1.54, 1.807) is 0 Å². The van der Waals surface area contributed by atoms with Gasteiger partial charge >= 0.3 is 0 Å². The Morgan fingerprint density at radius 2 is 1.30 bits per heavy atom. The van der Waals surface area contributed by atoms with Crippen LogP contribution in [0.1, 0.15) is 34.3 Å². The van der Waals surface area contributed by atoms with Crippen LogP contribution in [0.2, 0.25) is 0 Å². The van der Waals surface area contributed by atoms with Gasteiger partial charge in [-0.2, -0.15) is 0 Å². The smallest absolute Gasteiger partial charge is 0.237 e. The van der Waals surface area contributed by atoms with Crippen molar-refractivity contribution in [3.8, 4) is 23.0 Å². The van der Waals surface area contributed by atoms with Crippen LogP contribution in [0.4, 0.5) is 0 Å². The maximum atomic E-state index is 12.8. The average Bonchev–Trinajstić information content (AvgIpc) is 3.32. The third kappa shape index (κ3) is 2.03. The highest BCUT2D eigenvalue weighted by molar-refractivity contribution is 5.80. The van der Waals surface area contributed by atoms with Gasteiger partial charge in [-0.15, -0.1) is 0 Å². The van der Waals surface area contributed by atoms with Crippen molar-refractivity contribution in [1.82, 2.24) is 4.90 Å². The lowest BCUT2D eigenvalue weighted by Crippen LogP contribution is -2.48. The molecule has 4 aliphatic heterocycles.